The molecule has 6 heteroatoms. The fraction of sp³-hybridized carbons (Fsp3) is 0.562. The summed E-state index contributed by atoms with van der Waals surface area (Å²) in [6, 6.07) is 8.19. The highest BCUT2D eigenvalue weighted by Crippen LogP contribution is 2.20. The average Bonchev–Trinajstić information content (AvgIpc) is 2.85. The lowest BCUT2D eigenvalue weighted by atomic mass is 10.1. The number of hydrogen-bond donors (Lipinski definition) is 1. The average molecular weight is 341 g/mol. The van der Waals surface area contributed by atoms with Crippen molar-refractivity contribution in [1.29, 1.82) is 0 Å². The van der Waals surface area contributed by atoms with Crippen LogP contribution in [0.15, 0.2) is 24.3 Å². The van der Waals surface area contributed by atoms with Gasteiger partial charge in [0.2, 0.25) is 0 Å². The van der Waals surface area contributed by atoms with Crippen molar-refractivity contribution in [3.05, 3.63) is 29.8 Å². The number of anilines is 1. The zero-order valence-corrected chi connectivity index (χ0v) is 14.8. The molecular weight excluding hydrogens is 316 g/mol. The van der Waals surface area contributed by atoms with Crippen LogP contribution in [0, 0.1) is 0 Å². The van der Waals surface area contributed by atoms with Gasteiger partial charge >= 0.3 is 0 Å². The lowest BCUT2D eigenvalue weighted by Gasteiger charge is -2.30. The smallest absolute Gasteiger partial charge is 0.173 e. The van der Waals surface area contributed by atoms with E-state index in [-0.39, 0.29) is 17.5 Å². The van der Waals surface area contributed by atoms with Crippen LogP contribution < -0.4 is 5.32 Å². The van der Waals surface area contributed by atoms with E-state index in [2.05, 4.69) is 31.3 Å². The minimum atomic E-state index is -2.90. The van der Waals surface area contributed by atoms with Crippen LogP contribution in [0.3, 0.4) is 0 Å². The van der Waals surface area contributed by atoms with Crippen molar-refractivity contribution >= 4 is 32.9 Å². The summed E-state index contributed by atoms with van der Waals surface area (Å²) in [5, 5.41) is 3.86. The molecule has 0 amide bonds. The molecule has 1 aromatic carbocycles. The van der Waals surface area contributed by atoms with Crippen LogP contribution in [0.2, 0.25) is 0 Å². The molecule has 0 radical (unpaired) electrons. The van der Waals surface area contributed by atoms with Crippen molar-refractivity contribution in [2.24, 2.45) is 0 Å². The molecule has 1 aromatic rings. The third-order valence-electron chi connectivity index (χ3n) is 3.99. The summed E-state index contributed by atoms with van der Waals surface area (Å²) >= 11 is 5.52. The predicted molar refractivity (Wildman–Crippen MR) is 96.1 cm³/mol. The molecule has 1 aliphatic rings. The van der Waals surface area contributed by atoms with Gasteiger partial charge in [0.25, 0.3) is 0 Å². The number of thiocarbonyl (C=S) groups is 1. The van der Waals surface area contributed by atoms with Crippen LogP contribution >= 0.6 is 12.2 Å². The lowest BCUT2D eigenvalue weighted by molar-refractivity contribution is 0.339. The SMILES string of the molecule is CCCN(C(=S)Nc1ccc(CC)cc1)[C@H]1CCS(=O)(=O)C1. The van der Waals surface area contributed by atoms with E-state index < -0.39 is 9.84 Å². The van der Waals surface area contributed by atoms with Gasteiger partial charge in [-0.2, -0.15) is 0 Å². The summed E-state index contributed by atoms with van der Waals surface area (Å²) in [6.45, 7) is 4.98. The summed E-state index contributed by atoms with van der Waals surface area (Å²) in [5.74, 6) is 0.481. The first-order chi connectivity index (χ1) is 10.4. The Morgan fingerprint density at radius 1 is 1.32 bits per heavy atom. The van der Waals surface area contributed by atoms with Gasteiger partial charge in [-0.3, -0.25) is 0 Å². The van der Waals surface area contributed by atoms with E-state index in [0.29, 0.717) is 11.5 Å². The van der Waals surface area contributed by atoms with E-state index in [1.54, 1.807) is 0 Å². The second-order valence-corrected chi connectivity index (χ2v) is 8.35. The number of nitrogens with zero attached hydrogens (tertiary/aromatic N) is 1. The Kier molecular flexibility index (Phi) is 5.81. The molecule has 1 N–H and O–H groups in total. The first kappa shape index (κ1) is 17.2. The van der Waals surface area contributed by atoms with Crippen LogP contribution in [0.25, 0.3) is 0 Å². The molecule has 1 atom stereocenters. The second-order valence-electron chi connectivity index (χ2n) is 5.73. The molecule has 1 heterocycles. The van der Waals surface area contributed by atoms with Gasteiger partial charge in [0.15, 0.2) is 14.9 Å². The van der Waals surface area contributed by atoms with E-state index in [1.807, 2.05) is 17.0 Å². The van der Waals surface area contributed by atoms with Gasteiger partial charge in [-0.25, -0.2) is 8.42 Å². The Labute approximate surface area is 138 Å². The van der Waals surface area contributed by atoms with Gasteiger partial charge in [0.1, 0.15) is 0 Å². The van der Waals surface area contributed by atoms with Gasteiger partial charge in [0.05, 0.1) is 11.5 Å². The topological polar surface area (TPSA) is 49.4 Å². The van der Waals surface area contributed by atoms with Crippen molar-refractivity contribution < 1.29 is 8.42 Å². The van der Waals surface area contributed by atoms with E-state index in [9.17, 15) is 8.42 Å². The third-order valence-corrected chi connectivity index (χ3v) is 6.07. The molecule has 4 nitrogen and oxygen atoms in total. The van der Waals surface area contributed by atoms with Crippen LogP contribution in [0.4, 0.5) is 5.69 Å². The molecule has 0 unspecified atom stereocenters. The number of rotatable bonds is 5. The van der Waals surface area contributed by atoms with E-state index in [4.69, 9.17) is 12.2 Å². The molecule has 0 aliphatic carbocycles. The van der Waals surface area contributed by atoms with E-state index in [1.165, 1.54) is 5.56 Å². The van der Waals surface area contributed by atoms with Crippen LogP contribution in [-0.4, -0.2) is 42.5 Å². The van der Waals surface area contributed by atoms with Crippen molar-refractivity contribution in [3.8, 4) is 0 Å². The highest BCUT2D eigenvalue weighted by Gasteiger charge is 2.33. The molecule has 122 valence electrons. The van der Waals surface area contributed by atoms with Crippen molar-refractivity contribution in [1.82, 2.24) is 4.90 Å². The van der Waals surface area contributed by atoms with Crippen molar-refractivity contribution in [3.63, 3.8) is 0 Å². The second kappa shape index (κ2) is 7.42. The molecular formula is C16H24N2O2S2. The number of aryl methyl sites for hydroxylation is 1. The fourth-order valence-electron chi connectivity index (χ4n) is 2.73. The molecule has 0 saturated carbocycles. The molecule has 2 rings (SSSR count). The van der Waals surface area contributed by atoms with Crippen molar-refractivity contribution in [2.45, 2.75) is 39.2 Å². The van der Waals surface area contributed by atoms with Gasteiger partial charge in [-0.1, -0.05) is 26.0 Å². The highest BCUT2D eigenvalue weighted by atomic mass is 32.2. The summed E-state index contributed by atoms with van der Waals surface area (Å²) < 4.78 is 23.4. The Morgan fingerprint density at radius 3 is 2.50 bits per heavy atom. The number of benzene rings is 1. The lowest BCUT2D eigenvalue weighted by Crippen LogP contribution is -2.43. The molecule has 0 bridgehead atoms. The Morgan fingerprint density at radius 2 is 2.00 bits per heavy atom. The van der Waals surface area contributed by atoms with Crippen LogP contribution in [-0.2, 0) is 16.3 Å². The molecule has 1 aliphatic heterocycles. The zero-order chi connectivity index (χ0) is 16.2. The molecule has 1 fully saturated rings. The van der Waals surface area contributed by atoms with Gasteiger partial charge in [-0.05, 0) is 49.2 Å². The molecule has 1 saturated heterocycles. The third kappa shape index (κ3) is 4.43. The number of hydrogen-bond acceptors (Lipinski definition) is 3. The summed E-state index contributed by atoms with van der Waals surface area (Å²) in [6.07, 6.45) is 2.61. The molecule has 22 heavy (non-hydrogen) atoms. The maximum Gasteiger partial charge on any atom is 0.173 e. The standard InChI is InChI=1S/C16H24N2O2S2/c1-3-10-18(15-9-11-22(19,20)12-15)16(21)17-14-7-5-13(4-2)6-8-14/h5-8,15H,3-4,9-12H2,1-2H3,(H,17,21)/t15-/m0/s1. The van der Waals surface area contributed by atoms with Crippen molar-refractivity contribution in [2.75, 3.05) is 23.4 Å². The fourth-order valence-corrected chi connectivity index (χ4v) is 4.82. The van der Waals surface area contributed by atoms with Gasteiger partial charge < -0.3 is 10.2 Å². The zero-order valence-electron chi connectivity index (χ0n) is 13.2. The Balaban J connectivity index is 2.05. The first-order valence-electron chi connectivity index (χ1n) is 7.82. The largest absolute Gasteiger partial charge is 0.345 e. The minimum absolute atomic E-state index is 0.000125. The van der Waals surface area contributed by atoms with E-state index >= 15 is 0 Å². The monoisotopic (exact) mass is 340 g/mol. The minimum Gasteiger partial charge on any atom is -0.345 e. The number of sulfone groups is 1. The first-order valence-corrected chi connectivity index (χ1v) is 10.0. The maximum absolute atomic E-state index is 11.7. The van der Waals surface area contributed by atoms with Gasteiger partial charge in [-0.15, -0.1) is 0 Å². The van der Waals surface area contributed by atoms with E-state index in [0.717, 1.165) is 25.1 Å². The molecule has 0 aromatic heterocycles. The maximum atomic E-state index is 11.7. The Bertz CT molecular complexity index is 612. The summed E-state index contributed by atoms with van der Waals surface area (Å²) in [7, 11) is -2.90. The quantitative estimate of drug-likeness (QED) is 0.835. The van der Waals surface area contributed by atoms with Crippen LogP contribution in [0.1, 0.15) is 32.3 Å². The number of nitrogens with one attached hydrogen (secondary N) is 1. The summed E-state index contributed by atoms with van der Waals surface area (Å²) in [4.78, 5) is 2.04. The predicted octanol–water partition coefficient (Wildman–Crippen LogP) is 2.84. The highest BCUT2D eigenvalue weighted by molar-refractivity contribution is 7.91. The Hall–Kier alpha value is -1.14. The van der Waals surface area contributed by atoms with Gasteiger partial charge in [0, 0.05) is 18.3 Å². The summed E-state index contributed by atoms with van der Waals surface area (Å²) in [5.41, 5.74) is 2.23. The molecule has 0 spiro atoms. The van der Waals surface area contributed by atoms with Crippen LogP contribution in [0.5, 0.6) is 0 Å². The normalized spacial score (nSPS) is 19.8.